The molecular weight excluding hydrogens is 226 g/mol. The molecule has 0 radical (unpaired) electrons. The number of anilines is 1. The van der Waals surface area contributed by atoms with Crippen molar-refractivity contribution in [2.24, 2.45) is 0 Å². The Bertz CT molecular complexity index is 323. The Morgan fingerprint density at radius 3 is 2.69 bits per heavy atom. The molecule has 1 aromatic rings. The molecule has 1 fully saturated rings. The smallest absolute Gasteiger partial charge is 0.151 e. The van der Waals surface area contributed by atoms with Gasteiger partial charge < -0.3 is 9.64 Å². The predicted molar refractivity (Wildman–Crippen MR) is 63.9 cm³/mol. The third-order valence-corrected chi connectivity index (χ3v) is 2.99. The maximum absolute atomic E-state index is 5.70. The van der Waals surface area contributed by atoms with E-state index in [2.05, 4.69) is 15.1 Å². The molecule has 0 atom stereocenters. The summed E-state index contributed by atoms with van der Waals surface area (Å²) in [6.45, 7) is 4.78. The average molecular weight is 242 g/mol. The first-order valence-electron chi connectivity index (χ1n) is 5.65. The van der Waals surface area contributed by atoms with E-state index < -0.39 is 0 Å². The third kappa shape index (κ3) is 2.83. The van der Waals surface area contributed by atoms with Crippen molar-refractivity contribution in [2.45, 2.75) is 25.9 Å². The van der Waals surface area contributed by atoms with Crippen LogP contribution >= 0.6 is 11.6 Å². The van der Waals surface area contributed by atoms with Crippen molar-refractivity contribution < 1.29 is 4.74 Å². The fourth-order valence-corrected chi connectivity index (χ4v) is 2.07. The van der Waals surface area contributed by atoms with Crippen LogP contribution in [0, 0.1) is 0 Å². The van der Waals surface area contributed by atoms with E-state index in [1.807, 2.05) is 13.0 Å². The summed E-state index contributed by atoms with van der Waals surface area (Å²) >= 11 is 5.70. The Morgan fingerprint density at radius 1 is 1.38 bits per heavy atom. The minimum Gasteiger partial charge on any atom is -0.378 e. The summed E-state index contributed by atoms with van der Waals surface area (Å²) in [5.74, 6) is 0.902. The van der Waals surface area contributed by atoms with Crippen LogP contribution in [0.15, 0.2) is 12.1 Å². The van der Waals surface area contributed by atoms with Gasteiger partial charge in [-0.1, -0.05) is 11.6 Å². The normalized spacial score (nSPS) is 17.8. The van der Waals surface area contributed by atoms with Gasteiger partial charge in [0, 0.05) is 19.7 Å². The fraction of sp³-hybridized carbons (Fsp3) is 0.636. The molecule has 1 saturated heterocycles. The van der Waals surface area contributed by atoms with E-state index in [0.29, 0.717) is 11.3 Å². The van der Waals surface area contributed by atoms with Crippen LogP contribution in [0.25, 0.3) is 0 Å². The van der Waals surface area contributed by atoms with E-state index in [1.54, 1.807) is 6.07 Å². The maximum Gasteiger partial charge on any atom is 0.151 e. The molecule has 0 amide bonds. The molecule has 2 rings (SSSR count). The highest BCUT2D eigenvalue weighted by atomic mass is 35.5. The highest BCUT2D eigenvalue weighted by molar-refractivity contribution is 6.29. The number of aromatic nitrogens is 2. The van der Waals surface area contributed by atoms with Crippen LogP contribution in [-0.2, 0) is 4.74 Å². The number of ether oxygens (including phenoxy) is 1. The predicted octanol–water partition coefficient (Wildman–Crippen LogP) is 2.14. The molecule has 16 heavy (non-hydrogen) atoms. The summed E-state index contributed by atoms with van der Waals surface area (Å²) in [7, 11) is 0. The number of hydrogen-bond acceptors (Lipinski definition) is 4. The highest BCUT2D eigenvalue weighted by Gasteiger charge is 2.20. The van der Waals surface area contributed by atoms with Crippen molar-refractivity contribution in [3.63, 3.8) is 0 Å². The molecule has 1 aromatic heterocycles. The molecule has 0 unspecified atom stereocenters. The van der Waals surface area contributed by atoms with Crippen LogP contribution in [-0.4, -0.2) is 36.0 Å². The van der Waals surface area contributed by atoms with Crippen LogP contribution < -0.4 is 4.90 Å². The molecule has 5 heteroatoms. The van der Waals surface area contributed by atoms with Crippen molar-refractivity contribution in [3.05, 3.63) is 17.3 Å². The fourth-order valence-electron chi connectivity index (χ4n) is 1.96. The first-order valence-corrected chi connectivity index (χ1v) is 6.03. The molecular formula is C11H16ClN3O. The van der Waals surface area contributed by atoms with Crippen molar-refractivity contribution >= 4 is 17.4 Å². The van der Waals surface area contributed by atoms with Crippen molar-refractivity contribution in [1.29, 1.82) is 0 Å². The van der Waals surface area contributed by atoms with E-state index in [9.17, 15) is 0 Å². The van der Waals surface area contributed by atoms with E-state index in [-0.39, 0.29) is 0 Å². The summed E-state index contributed by atoms with van der Waals surface area (Å²) in [6.07, 6.45) is 2.51. The first-order chi connectivity index (χ1) is 7.79. The number of hydrogen-bond donors (Lipinski definition) is 0. The van der Waals surface area contributed by atoms with Gasteiger partial charge in [-0.15, -0.1) is 10.2 Å². The third-order valence-electron chi connectivity index (χ3n) is 2.79. The molecule has 0 spiro atoms. The summed E-state index contributed by atoms with van der Waals surface area (Å²) in [5.41, 5.74) is 0. The second kappa shape index (κ2) is 5.46. The zero-order valence-electron chi connectivity index (χ0n) is 9.40. The van der Waals surface area contributed by atoms with Gasteiger partial charge in [-0.25, -0.2) is 0 Å². The number of nitrogens with zero attached hydrogens (tertiary/aromatic N) is 3. The summed E-state index contributed by atoms with van der Waals surface area (Å²) in [4.78, 5) is 2.22. The Hall–Kier alpha value is -0.870. The minimum atomic E-state index is 0.404. The number of rotatable bonds is 3. The van der Waals surface area contributed by atoms with Gasteiger partial charge in [0.2, 0.25) is 0 Å². The van der Waals surface area contributed by atoms with Gasteiger partial charge >= 0.3 is 0 Å². The average Bonchev–Trinajstić information content (AvgIpc) is 2.32. The lowest BCUT2D eigenvalue weighted by atomic mass is 10.1. The lowest BCUT2D eigenvalue weighted by Crippen LogP contribution is -2.37. The van der Waals surface area contributed by atoms with Crippen LogP contribution in [0.2, 0.25) is 5.15 Å². The van der Waals surface area contributed by atoms with Crippen molar-refractivity contribution in [1.82, 2.24) is 10.2 Å². The SMILES string of the molecule is CCOC1CCN(c2ccc(Cl)nn2)CC1. The van der Waals surface area contributed by atoms with E-state index in [0.717, 1.165) is 38.4 Å². The quantitative estimate of drug-likeness (QED) is 0.813. The van der Waals surface area contributed by atoms with Crippen LogP contribution in [0.3, 0.4) is 0 Å². The topological polar surface area (TPSA) is 38.2 Å². The summed E-state index contributed by atoms with van der Waals surface area (Å²) in [5, 5.41) is 8.37. The molecule has 1 aliphatic rings. The summed E-state index contributed by atoms with van der Waals surface area (Å²) in [6, 6.07) is 3.69. The van der Waals surface area contributed by atoms with Gasteiger partial charge in [-0.2, -0.15) is 0 Å². The summed E-state index contributed by atoms with van der Waals surface area (Å²) < 4.78 is 5.60. The second-order valence-electron chi connectivity index (χ2n) is 3.86. The molecule has 0 aromatic carbocycles. The van der Waals surface area contributed by atoms with Gasteiger partial charge in [0.05, 0.1) is 6.10 Å². The largest absolute Gasteiger partial charge is 0.378 e. The zero-order chi connectivity index (χ0) is 11.4. The highest BCUT2D eigenvalue weighted by Crippen LogP contribution is 2.19. The Labute approximate surface area is 101 Å². The second-order valence-corrected chi connectivity index (χ2v) is 4.24. The van der Waals surface area contributed by atoms with E-state index >= 15 is 0 Å². The molecule has 0 N–H and O–H groups in total. The molecule has 1 aliphatic heterocycles. The Balaban J connectivity index is 1.91. The monoisotopic (exact) mass is 241 g/mol. The van der Waals surface area contributed by atoms with Crippen LogP contribution in [0.1, 0.15) is 19.8 Å². The van der Waals surface area contributed by atoms with Crippen molar-refractivity contribution in [2.75, 3.05) is 24.6 Å². The molecule has 2 heterocycles. The number of halogens is 1. The van der Waals surface area contributed by atoms with Gasteiger partial charge in [0.25, 0.3) is 0 Å². The van der Waals surface area contributed by atoms with Crippen LogP contribution in [0.5, 0.6) is 0 Å². The van der Waals surface area contributed by atoms with E-state index in [1.165, 1.54) is 0 Å². The van der Waals surface area contributed by atoms with Crippen molar-refractivity contribution in [3.8, 4) is 0 Å². The Kier molecular flexibility index (Phi) is 3.96. The standard InChI is InChI=1S/C11H16ClN3O/c1-2-16-9-5-7-15(8-6-9)11-4-3-10(12)13-14-11/h3-4,9H,2,5-8H2,1H3. The molecule has 4 nitrogen and oxygen atoms in total. The van der Waals surface area contributed by atoms with Gasteiger partial charge in [0.15, 0.2) is 11.0 Å². The lowest BCUT2D eigenvalue weighted by molar-refractivity contribution is 0.0458. The first kappa shape index (κ1) is 11.6. The molecule has 0 saturated carbocycles. The minimum absolute atomic E-state index is 0.404. The van der Waals surface area contributed by atoms with E-state index in [4.69, 9.17) is 16.3 Å². The maximum atomic E-state index is 5.70. The molecule has 0 bridgehead atoms. The molecule has 0 aliphatic carbocycles. The number of piperidine rings is 1. The molecule has 88 valence electrons. The van der Waals surface area contributed by atoms with Crippen LogP contribution in [0.4, 0.5) is 5.82 Å². The van der Waals surface area contributed by atoms with Gasteiger partial charge in [-0.05, 0) is 31.9 Å². The Morgan fingerprint density at radius 2 is 2.12 bits per heavy atom. The van der Waals surface area contributed by atoms with Gasteiger partial charge in [-0.3, -0.25) is 0 Å². The lowest BCUT2D eigenvalue weighted by Gasteiger charge is -2.32. The zero-order valence-corrected chi connectivity index (χ0v) is 10.2. The van der Waals surface area contributed by atoms with Gasteiger partial charge in [0.1, 0.15) is 0 Å².